The van der Waals surface area contributed by atoms with Gasteiger partial charge in [-0.2, -0.15) is 0 Å². The van der Waals surface area contributed by atoms with Crippen molar-refractivity contribution in [1.29, 1.82) is 0 Å². The molecule has 1 atom stereocenters. The van der Waals surface area contributed by atoms with Gasteiger partial charge in [-0.25, -0.2) is 0 Å². The molecule has 0 heterocycles. The van der Waals surface area contributed by atoms with Gasteiger partial charge in [0.05, 0.1) is 7.11 Å². The van der Waals surface area contributed by atoms with Crippen LogP contribution in [0.3, 0.4) is 0 Å². The Morgan fingerprint density at radius 3 is 2.80 bits per heavy atom. The summed E-state index contributed by atoms with van der Waals surface area (Å²) in [6.45, 7) is 3.09. The standard InChI is InChI=1S/C12H23NO2/c1-3-4-5-11(12(14)15-2)13-9-8-10-6-7-10/h10-11,13H,3-9H2,1-2H3. The number of carbonyl (C=O) groups excluding carboxylic acids is 1. The smallest absolute Gasteiger partial charge is 0.322 e. The molecular weight excluding hydrogens is 190 g/mol. The Hall–Kier alpha value is -0.570. The SMILES string of the molecule is CCCCC(NCCC1CC1)C(=O)OC. The number of unbranched alkanes of at least 4 members (excludes halogenated alkanes) is 1. The summed E-state index contributed by atoms with van der Waals surface area (Å²) in [5.41, 5.74) is 0. The van der Waals surface area contributed by atoms with Gasteiger partial charge in [0.15, 0.2) is 0 Å². The van der Waals surface area contributed by atoms with Crippen LogP contribution in [0.1, 0.15) is 45.4 Å². The predicted octanol–water partition coefficient (Wildman–Crippen LogP) is 2.11. The molecule has 1 aliphatic rings. The molecule has 0 radical (unpaired) electrons. The average Bonchev–Trinajstić information content (AvgIpc) is 3.06. The molecule has 0 aromatic heterocycles. The molecule has 0 spiro atoms. The fraction of sp³-hybridized carbons (Fsp3) is 0.917. The lowest BCUT2D eigenvalue weighted by Gasteiger charge is -2.15. The zero-order chi connectivity index (χ0) is 11.1. The second-order valence-electron chi connectivity index (χ2n) is 4.40. The Morgan fingerprint density at radius 2 is 2.27 bits per heavy atom. The maximum absolute atomic E-state index is 11.4. The second-order valence-corrected chi connectivity index (χ2v) is 4.40. The van der Waals surface area contributed by atoms with Crippen LogP contribution < -0.4 is 5.32 Å². The Bertz CT molecular complexity index is 190. The van der Waals surface area contributed by atoms with Crippen LogP contribution in [-0.4, -0.2) is 25.7 Å². The molecule has 0 bridgehead atoms. The first kappa shape index (κ1) is 12.5. The number of ether oxygens (including phenoxy) is 1. The van der Waals surface area contributed by atoms with Crippen molar-refractivity contribution in [3.8, 4) is 0 Å². The van der Waals surface area contributed by atoms with E-state index in [1.807, 2.05) is 0 Å². The number of nitrogens with one attached hydrogen (secondary N) is 1. The van der Waals surface area contributed by atoms with Crippen LogP contribution >= 0.6 is 0 Å². The monoisotopic (exact) mass is 213 g/mol. The van der Waals surface area contributed by atoms with Crippen LogP contribution in [0.15, 0.2) is 0 Å². The lowest BCUT2D eigenvalue weighted by molar-refractivity contribution is -0.143. The number of rotatable bonds is 8. The topological polar surface area (TPSA) is 38.3 Å². The van der Waals surface area contributed by atoms with Gasteiger partial charge in [-0.05, 0) is 25.3 Å². The van der Waals surface area contributed by atoms with E-state index in [1.54, 1.807) is 0 Å². The summed E-state index contributed by atoms with van der Waals surface area (Å²) in [5.74, 6) is 0.807. The highest BCUT2D eigenvalue weighted by Gasteiger charge is 2.22. The quantitative estimate of drug-likeness (QED) is 0.628. The summed E-state index contributed by atoms with van der Waals surface area (Å²) in [4.78, 5) is 11.4. The van der Waals surface area contributed by atoms with E-state index < -0.39 is 0 Å². The van der Waals surface area contributed by atoms with Gasteiger partial charge in [0.25, 0.3) is 0 Å². The zero-order valence-electron chi connectivity index (χ0n) is 9.92. The molecule has 1 rings (SSSR count). The number of carbonyl (C=O) groups is 1. The van der Waals surface area contributed by atoms with Crippen LogP contribution in [0.2, 0.25) is 0 Å². The molecule has 0 aromatic carbocycles. The molecule has 0 amide bonds. The lowest BCUT2D eigenvalue weighted by Crippen LogP contribution is -2.38. The summed E-state index contributed by atoms with van der Waals surface area (Å²) >= 11 is 0. The van der Waals surface area contributed by atoms with Gasteiger partial charge in [0.1, 0.15) is 6.04 Å². The number of hydrogen-bond acceptors (Lipinski definition) is 3. The van der Waals surface area contributed by atoms with Crippen molar-refractivity contribution in [2.75, 3.05) is 13.7 Å². The number of hydrogen-bond donors (Lipinski definition) is 1. The fourth-order valence-electron chi connectivity index (χ4n) is 1.72. The summed E-state index contributed by atoms with van der Waals surface area (Å²) in [6.07, 6.45) is 7.06. The first-order chi connectivity index (χ1) is 7.27. The molecule has 1 aliphatic carbocycles. The molecule has 1 unspecified atom stereocenters. The molecule has 0 aliphatic heterocycles. The van der Waals surface area contributed by atoms with Crippen LogP contribution in [0.25, 0.3) is 0 Å². The molecule has 0 saturated heterocycles. The van der Waals surface area contributed by atoms with E-state index >= 15 is 0 Å². The van der Waals surface area contributed by atoms with Crippen molar-refractivity contribution in [2.24, 2.45) is 5.92 Å². The first-order valence-electron chi connectivity index (χ1n) is 6.09. The van der Waals surface area contributed by atoms with E-state index in [4.69, 9.17) is 4.74 Å². The van der Waals surface area contributed by atoms with E-state index in [9.17, 15) is 4.79 Å². The summed E-state index contributed by atoms with van der Waals surface area (Å²) in [7, 11) is 1.46. The van der Waals surface area contributed by atoms with Gasteiger partial charge in [-0.3, -0.25) is 4.79 Å². The molecule has 1 fully saturated rings. The molecule has 1 saturated carbocycles. The third-order valence-electron chi connectivity index (χ3n) is 2.97. The van der Waals surface area contributed by atoms with E-state index in [1.165, 1.54) is 26.4 Å². The van der Waals surface area contributed by atoms with Crippen LogP contribution in [0.5, 0.6) is 0 Å². The zero-order valence-corrected chi connectivity index (χ0v) is 9.92. The first-order valence-corrected chi connectivity index (χ1v) is 6.09. The van der Waals surface area contributed by atoms with Gasteiger partial charge < -0.3 is 10.1 Å². The fourth-order valence-corrected chi connectivity index (χ4v) is 1.72. The van der Waals surface area contributed by atoms with Crippen molar-refractivity contribution >= 4 is 5.97 Å². The Morgan fingerprint density at radius 1 is 1.53 bits per heavy atom. The summed E-state index contributed by atoms with van der Waals surface area (Å²) in [5, 5.41) is 3.30. The van der Waals surface area contributed by atoms with E-state index in [0.29, 0.717) is 0 Å². The second kappa shape index (κ2) is 6.83. The molecule has 0 aromatic rings. The minimum Gasteiger partial charge on any atom is -0.468 e. The van der Waals surface area contributed by atoms with Gasteiger partial charge in [-0.1, -0.05) is 32.6 Å². The largest absolute Gasteiger partial charge is 0.468 e. The van der Waals surface area contributed by atoms with E-state index in [2.05, 4.69) is 12.2 Å². The van der Waals surface area contributed by atoms with Crippen LogP contribution in [0, 0.1) is 5.92 Å². The van der Waals surface area contributed by atoms with Crippen molar-refractivity contribution < 1.29 is 9.53 Å². The highest BCUT2D eigenvalue weighted by molar-refractivity contribution is 5.75. The maximum Gasteiger partial charge on any atom is 0.322 e. The Kier molecular flexibility index (Phi) is 5.69. The minimum absolute atomic E-state index is 0.0892. The van der Waals surface area contributed by atoms with E-state index in [0.717, 1.165) is 31.7 Å². The predicted molar refractivity (Wildman–Crippen MR) is 60.7 cm³/mol. The Balaban J connectivity index is 2.16. The number of esters is 1. The maximum atomic E-state index is 11.4. The third-order valence-corrected chi connectivity index (χ3v) is 2.97. The van der Waals surface area contributed by atoms with Crippen molar-refractivity contribution in [2.45, 2.75) is 51.5 Å². The normalized spacial score (nSPS) is 17.5. The molecule has 88 valence electrons. The highest BCUT2D eigenvalue weighted by Crippen LogP contribution is 2.31. The highest BCUT2D eigenvalue weighted by atomic mass is 16.5. The van der Waals surface area contributed by atoms with Crippen molar-refractivity contribution in [3.63, 3.8) is 0 Å². The summed E-state index contributed by atoms with van der Waals surface area (Å²) < 4.78 is 4.78. The van der Waals surface area contributed by atoms with Crippen molar-refractivity contribution in [1.82, 2.24) is 5.32 Å². The van der Waals surface area contributed by atoms with Crippen LogP contribution in [-0.2, 0) is 9.53 Å². The number of methoxy groups -OCH3 is 1. The molecule has 3 heteroatoms. The van der Waals surface area contributed by atoms with Crippen molar-refractivity contribution in [3.05, 3.63) is 0 Å². The Labute approximate surface area is 92.6 Å². The third kappa shape index (κ3) is 5.17. The molecular formula is C12H23NO2. The molecule has 15 heavy (non-hydrogen) atoms. The molecule has 3 nitrogen and oxygen atoms in total. The molecule has 1 N–H and O–H groups in total. The van der Waals surface area contributed by atoms with Gasteiger partial charge in [-0.15, -0.1) is 0 Å². The van der Waals surface area contributed by atoms with Crippen LogP contribution in [0.4, 0.5) is 0 Å². The average molecular weight is 213 g/mol. The van der Waals surface area contributed by atoms with Gasteiger partial charge in [0, 0.05) is 0 Å². The lowest BCUT2D eigenvalue weighted by atomic mass is 10.1. The minimum atomic E-state index is -0.112. The summed E-state index contributed by atoms with van der Waals surface area (Å²) in [6, 6.07) is -0.0892. The van der Waals surface area contributed by atoms with Gasteiger partial charge in [0.2, 0.25) is 0 Å². The van der Waals surface area contributed by atoms with E-state index in [-0.39, 0.29) is 12.0 Å². The van der Waals surface area contributed by atoms with Gasteiger partial charge >= 0.3 is 5.97 Å².